The second-order valence-electron chi connectivity index (χ2n) is 6.72. The van der Waals surface area contributed by atoms with Gasteiger partial charge < -0.3 is 5.32 Å². The summed E-state index contributed by atoms with van der Waals surface area (Å²) >= 11 is 18.3. The van der Waals surface area contributed by atoms with Crippen LogP contribution >= 0.6 is 34.8 Å². The van der Waals surface area contributed by atoms with Crippen LogP contribution in [0.15, 0.2) is 71.6 Å². The number of carbonyl (C=O) groups excluding carboxylic acids is 1. The summed E-state index contributed by atoms with van der Waals surface area (Å²) in [5, 5.41) is 4.01. The van der Waals surface area contributed by atoms with Crippen LogP contribution in [-0.2, 0) is 21.4 Å². The number of rotatable bonds is 7. The van der Waals surface area contributed by atoms with Crippen molar-refractivity contribution in [3.63, 3.8) is 0 Å². The summed E-state index contributed by atoms with van der Waals surface area (Å²) in [6.07, 6.45) is 0. The van der Waals surface area contributed by atoms with Crippen LogP contribution in [0.2, 0.25) is 15.1 Å². The van der Waals surface area contributed by atoms with Crippen molar-refractivity contribution in [2.24, 2.45) is 0 Å². The maximum atomic E-state index is 13.4. The first-order valence-corrected chi connectivity index (χ1v) is 11.8. The van der Waals surface area contributed by atoms with Gasteiger partial charge in [0.15, 0.2) is 0 Å². The summed E-state index contributed by atoms with van der Waals surface area (Å²) in [4.78, 5) is 12.8. The van der Waals surface area contributed by atoms with E-state index in [-0.39, 0.29) is 11.4 Å². The number of nitrogens with zero attached hydrogens (tertiary/aromatic N) is 1. The lowest BCUT2D eigenvalue weighted by molar-refractivity contribution is -0.119. The third-order valence-corrected chi connectivity index (χ3v) is 7.39. The highest BCUT2D eigenvalue weighted by Crippen LogP contribution is 2.30. The number of amides is 1. The molecule has 162 valence electrons. The molecule has 5 nitrogen and oxygen atoms in total. The van der Waals surface area contributed by atoms with E-state index in [0.29, 0.717) is 31.9 Å². The van der Waals surface area contributed by atoms with Crippen molar-refractivity contribution in [2.75, 3.05) is 10.8 Å². The highest BCUT2D eigenvalue weighted by atomic mass is 35.5. The molecule has 0 unspecified atom stereocenters. The average molecular weight is 498 g/mol. The molecule has 0 saturated heterocycles. The van der Waals surface area contributed by atoms with Gasteiger partial charge >= 0.3 is 0 Å². The van der Waals surface area contributed by atoms with Crippen molar-refractivity contribution < 1.29 is 13.2 Å². The smallest absolute Gasteiger partial charge is 0.264 e. The molecule has 3 rings (SSSR count). The number of hydrogen-bond donors (Lipinski definition) is 1. The molecule has 0 aliphatic carbocycles. The van der Waals surface area contributed by atoms with Gasteiger partial charge in [-0.1, -0.05) is 65.1 Å². The molecule has 0 saturated carbocycles. The highest BCUT2D eigenvalue weighted by molar-refractivity contribution is 7.92. The molecule has 0 heterocycles. The molecule has 0 bridgehead atoms. The second kappa shape index (κ2) is 9.92. The number of carbonyl (C=O) groups is 1. The Hall–Kier alpha value is -2.25. The average Bonchev–Trinajstić information content (AvgIpc) is 2.74. The monoisotopic (exact) mass is 496 g/mol. The minimum atomic E-state index is -4.01. The number of nitrogens with one attached hydrogen (secondary N) is 1. The van der Waals surface area contributed by atoms with Crippen molar-refractivity contribution in [3.05, 3.63) is 92.9 Å². The molecule has 0 fully saturated rings. The van der Waals surface area contributed by atoms with Gasteiger partial charge in [-0.25, -0.2) is 8.42 Å². The van der Waals surface area contributed by atoms with Gasteiger partial charge in [0.05, 0.1) is 10.6 Å². The summed E-state index contributed by atoms with van der Waals surface area (Å²) in [5.41, 5.74) is 1.55. The lowest BCUT2D eigenvalue weighted by Gasteiger charge is -2.26. The Labute approximate surface area is 196 Å². The second-order valence-corrected chi connectivity index (χ2v) is 9.83. The molecule has 1 amide bonds. The van der Waals surface area contributed by atoms with E-state index < -0.39 is 22.5 Å². The number of anilines is 1. The predicted molar refractivity (Wildman–Crippen MR) is 125 cm³/mol. The maximum absolute atomic E-state index is 13.4. The molecule has 1 N–H and O–H groups in total. The van der Waals surface area contributed by atoms with Crippen molar-refractivity contribution in [1.82, 2.24) is 5.32 Å². The van der Waals surface area contributed by atoms with Crippen LogP contribution in [-0.4, -0.2) is 20.9 Å². The first kappa shape index (κ1) is 23.4. The Bertz CT molecular complexity index is 1200. The summed E-state index contributed by atoms with van der Waals surface area (Å²) in [5.74, 6) is -0.495. The van der Waals surface area contributed by atoms with Gasteiger partial charge in [0.2, 0.25) is 5.91 Å². The van der Waals surface area contributed by atoms with Crippen LogP contribution < -0.4 is 9.62 Å². The highest BCUT2D eigenvalue weighted by Gasteiger charge is 2.28. The first-order chi connectivity index (χ1) is 14.7. The molecule has 0 atom stereocenters. The first-order valence-electron chi connectivity index (χ1n) is 9.23. The van der Waals surface area contributed by atoms with Gasteiger partial charge in [-0.15, -0.1) is 0 Å². The zero-order valence-electron chi connectivity index (χ0n) is 16.5. The fraction of sp³-hybridized carbons (Fsp3) is 0.136. The van der Waals surface area contributed by atoms with Gasteiger partial charge in [-0.2, -0.15) is 0 Å². The van der Waals surface area contributed by atoms with Crippen LogP contribution in [0, 0.1) is 6.92 Å². The van der Waals surface area contributed by atoms with Gasteiger partial charge in [0.25, 0.3) is 10.0 Å². The maximum Gasteiger partial charge on any atom is 0.264 e. The molecule has 0 aliphatic heterocycles. The van der Waals surface area contributed by atoms with E-state index in [4.69, 9.17) is 34.8 Å². The third kappa shape index (κ3) is 5.52. The van der Waals surface area contributed by atoms with E-state index in [2.05, 4.69) is 5.32 Å². The lowest BCUT2D eigenvalue weighted by atomic mass is 10.2. The van der Waals surface area contributed by atoms with E-state index in [9.17, 15) is 13.2 Å². The topological polar surface area (TPSA) is 66.5 Å². The third-order valence-electron chi connectivity index (χ3n) is 4.62. The van der Waals surface area contributed by atoms with E-state index >= 15 is 0 Å². The molecule has 0 aliphatic rings. The zero-order valence-corrected chi connectivity index (χ0v) is 19.6. The predicted octanol–water partition coefficient (Wildman–Crippen LogP) is 5.47. The van der Waals surface area contributed by atoms with Gasteiger partial charge in [-0.3, -0.25) is 9.10 Å². The van der Waals surface area contributed by atoms with Crippen LogP contribution in [0.3, 0.4) is 0 Å². The van der Waals surface area contributed by atoms with Crippen molar-refractivity contribution in [3.8, 4) is 0 Å². The molecular weight excluding hydrogens is 479 g/mol. The Morgan fingerprint density at radius 1 is 0.935 bits per heavy atom. The van der Waals surface area contributed by atoms with E-state index in [0.717, 1.165) is 4.31 Å². The van der Waals surface area contributed by atoms with Gasteiger partial charge in [-0.05, 0) is 54.4 Å². The molecule has 0 spiro atoms. The summed E-state index contributed by atoms with van der Waals surface area (Å²) in [7, 11) is -4.01. The van der Waals surface area contributed by atoms with E-state index in [1.54, 1.807) is 61.5 Å². The van der Waals surface area contributed by atoms with E-state index in [1.165, 1.54) is 12.1 Å². The fourth-order valence-electron chi connectivity index (χ4n) is 2.93. The van der Waals surface area contributed by atoms with Crippen molar-refractivity contribution in [2.45, 2.75) is 18.4 Å². The summed E-state index contributed by atoms with van der Waals surface area (Å²) in [6.45, 7) is 1.41. The minimum absolute atomic E-state index is 0.0721. The molecule has 3 aromatic rings. The van der Waals surface area contributed by atoms with Crippen molar-refractivity contribution in [1.29, 1.82) is 0 Å². The largest absolute Gasteiger partial charge is 0.350 e. The molecular formula is C22H19Cl3N2O3S. The minimum Gasteiger partial charge on any atom is -0.350 e. The number of hydrogen-bond acceptors (Lipinski definition) is 3. The Kier molecular flexibility index (Phi) is 7.49. The standard InChI is InChI=1S/C22H19Cl3N2O3S/c1-15-19(24)8-5-9-21(15)27(31(29,30)18-6-3-2-4-7-18)14-22(28)26-13-16-10-11-17(23)12-20(16)25/h2-12H,13-14H2,1H3,(H,26,28). The van der Waals surface area contributed by atoms with Crippen LogP contribution in [0.5, 0.6) is 0 Å². The molecule has 31 heavy (non-hydrogen) atoms. The van der Waals surface area contributed by atoms with E-state index in [1.807, 2.05) is 0 Å². The van der Waals surface area contributed by atoms with Crippen LogP contribution in [0.25, 0.3) is 0 Å². The Morgan fingerprint density at radius 3 is 2.32 bits per heavy atom. The number of sulfonamides is 1. The Balaban J connectivity index is 1.90. The molecule has 9 heteroatoms. The molecule has 3 aromatic carbocycles. The molecule has 0 radical (unpaired) electrons. The van der Waals surface area contributed by atoms with Gasteiger partial charge in [0, 0.05) is 21.6 Å². The zero-order chi connectivity index (χ0) is 22.6. The number of benzene rings is 3. The van der Waals surface area contributed by atoms with Crippen molar-refractivity contribution >= 4 is 56.4 Å². The number of halogens is 3. The summed E-state index contributed by atoms with van der Waals surface area (Å²) < 4.78 is 27.8. The normalized spacial score (nSPS) is 11.2. The Morgan fingerprint density at radius 2 is 1.65 bits per heavy atom. The lowest BCUT2D eigenvalue weighted by Crippen LogP contribution is -2.41. The fourth-order valence-corrected chi connectivity index (χ4v) is 5.08. The van der Waals surface area contributed by atoms with Crippen LogP contribution in [0.4, 0.5) is 5.69 Å². The quantitative estimate of drug-likeness (QED) is 0.471. The molecule has 0 aromatic heterocycles. The van der Waals surface area contributed by atoms with Gasteiger partial charge in [0.1, 0.15) is 6.54 Å². The SMILES string of the molecule is Cc1c(Cl)cccc1N(CC(=O)NCc1ccc(Cl)cc1Cl)S(=O)(=O)c1ccccc1. The van der Waals surface area contributed by atoms with Crippen LogP contribution in [0.1, 0.15) is 11.1 Å². The summed E-state index contributed by atoms with van der Waals surface area (Å²) in [6, 6.07) is 17.8.